The maximum absolute atomic E-state index is 9.66. The topological polar surface area (TPSA) is 97.7 Å². The monoisotopic (exact) mass is 498 g/mol. The highest BCUT2D eigenvalue weighted by atomic mass is 35.5. The second kappa shape index (κ2) is 8.89. The number of nitrogens with zero attached hydrogens (tertiary/aromatic N) is 8. The number of piperidine rings is 1. The number of fused-ring (bicyclic) bond motifs is 3. The van der Waals surface area contributed by atoms with Gasteiger partial charge in [0, 0.05) is 37.1 Å². The van der Waals surface area contributed by atoms with Gasteiger partial charge in [0.25, 0.3) is 0 Å². The van der Waals surface area contributed by atoms with Crippen molar-refractivity contribution in [3.8, 4) is 17.8 Å². The minimum atomic E-state index is -0.221. The number of hydrogen-bond acceptors (Lipinski definition) is 7. The van der Waals surface area contributed by atoms with Crippen LogP contribution in [0.25, 0.3) is 5.69 Å². The zero-order chi connectivity index (χ0) is 24.9. The van der Waals surface area contributed by atoms with E-state index >= 15 is 0 Å². The average molecular weight is 499 g/mol. The number of anilines is 1. The maximum atomic E-state index is 9.66. The molecule has 1 saturated heterocycles. The number of pyridine rings is 1. The fourth-order valence-corrected chi connectivity index (χ4v) is 5.75. The molecule has 0 radical (unpaired) electrons. The molecule has 0 N–H and O–H groups in total. The summed E-state index contributed by atoms with van der Waals surface area (Å²) < 4.78 is 2.24. The molecule has 0 amide bonds. The predicted molar refractivity (Wildman–Crippen MR) is 136 cm³/mol. The van der Waals surface area contributed by atoms with Gasteiger partial charge in [-0.1, -0.05) is 11.6 Å². The molecule has 3 aliphatic rings. The van der Waals surface area contributed by atoms with Crippen molar-refractivity contribution in [1.82, 2.24) is 24.6 Å². The molecule has 9 heteroatoms. The van der Waals surface area contributed by atoms with Crippen LogP contribution in [0.5, 0.6) is 0 Å². The quantitative estimate of drug-likeness (QED) is 0.522. The van der Waals surface area contributed by atoms with Gasteiger partial charge in [0.1, 0.15) is 17.7 Å². The highest BCUT2D eigenvalue weighted by Crippen LogP contribution is 2.46. The van der Waals surface area contributed by atoms with E-state index in [1.807, 2.05) is 31.2 Å². The molecule has 182 valence electrons. The van der Waals surface area contributed by atoms with E-state index in [0.29, 0.717) is 17.1 Å². The Bertz CT molecular complexity index is 1400. The van der Waals surface area contributed by atoms with Crippen LogP contribution in [-0.4, -0.2) is 44.3 Å². The van der Waals surface area contributed by atoms with Crippen LogP contribution in [0.3, 0.4) is 0 Å². The zero-order valence-corrected chi connectivity index (χ0v) is 21.0. The summed E-state index contributed by atoms with van der Waals surface area (Å²) in [6.45, 7) is 5.77. The second-order valence-corrected chi connectivity index (χ2v) is 10.7. The summed E-state index contributed by atoms with van der Waals surface area (Å²) >= 11 is 6.40. The van der Waals surface area contributed by atoms with Gasteiger partial charge in [0.2, 0.25) is 0 Å². The van der Waals surface area contributed by atoms with Gasteiger partial charge >= 0.3 is 0 Å². The standard InChI is InChI=1S/C27H27ClN8/c1-18-20(13-29)2-5-24(31-18)35-10-6-19(7-11-35)26-33-32-25-15-34(17-27(16-30)8-9-27)14-21-12-22(28)3-4-23(21)36(25)26/h2-5,12,19H,6-11,14-15,17H2,1H3. The third-order valence-corrected chi connectivity index (χ3v) is 8.02. The lowest BCUT2D eigenvalue weighted by Gasteiger charge is -2.32. The molecule has 0 unspecified atom stereocenters. The molecule has 2 aliphatic heterocycles. The van der Waals surface area contributed by atoms with E-state index in [-0.39, 0.29) is 11.3 Å². The molecule has 36 heavy (non-hydrogen) atoms. The minimum absolute atomic E-state index is 0.221. The third kappa shape index (κ3) is 4.11. The van der Waals surface area contributed by atoms with Crippen LogP contribution in [0, 0.1) is 35.0 Å². The lowest BCUT2D eigenvalue weighted by atomic mass is 9.95. The number of nitriles is 2. The van der Waals surface area contributed by atoms with Crippen molar-refractivity contribution in [2.24, 2.45) is 5.41 Å². The Kier molecular flexibility index (Phi) is 5.67. The molecular formula is C27H27ClN8. The Hall–Kier alpha value is -3.46. The van der Waals surface area contributed by atoms with Crippen molar-refractivity contribution in [3.05, 3.63) is 63.8 Å². The molecule has 1 saturated carbocycles. The van der Waals surface area contributed by atoms with Gasteiger partial charge < -0.3 is 4.90 Å². The fraction of sp³-hybridized carbons (Fsp3) is 0.444. The van der Waals surface area contributed by atoms with Crippen LogP contribution in [0.15, 0.2) is 30.3 Å². The number of benzene rings is 1. The summed E-state index contributed by atoms with van der Waals surface area (Å²) in [5.74, 6) is 3.13. The van der Waals surface area contributed by atoms with E-state index in [9.17, 15) is 10.5 Å². The molecule has 0 spiro atoms. The first kappa shape index (κ1) is 23.0. The van der Waals surface area contributed by atoms with Crippen molar-refractivity contribution in [1.29, 1.82) is 10.5 Å². The van der Waals surface area contributed by atoms with Crippen molar-refractivity contribution in [3.63, 3.8) is 0 Å². The number of hydrogen-bond donors (Lipinski definition) is 0. The van der Waals surface area contributed by atoms with Gasteiger partial charge in [-0.25, -0.2) is 4.98 Å². The van der Waals surface area contributed by atoms with E-state index in [2.05, 4.69) is 42.7 Å². The largest absolute Gasteiger partial charge is 0.357 e. The van der Waals surface area contributed by atoms with E-state index in [1.54, 1.807) is 0 Å². The van der Waals surface area contributed by atoms with Crippen molar-refractivity contribution in [2.75, 3.05) is 24.5 Å². The first-order chi connectivity index (χ1) is 17.5. The van der Waals surface area contributed by atoms with Gasteiger partial charge in [-0.3, -0.25) is 9.47 Å². The Labute approximate surface area is 215 Å². The molecule has 4 heterocycles. The number of rotatable bonds is 4. The summed E-state index contributed by atoms with van der Waals surface area (Å²) in [7, 11) is 0. The normalized spacial score (nSPS) is 19.1. The molecule has 0 bridgehead atoms. The Morgan fingerprint density at radius 1 is 1.08 bits per heavy atom. The molecule has 6 rings (SSSR count). The van der Waals surface area contributed by atoms with Crippen LogP contribution in [0.2, 0.25) is 5.02 Å². The molecule has 3 aromatic rings. The van der Waals surface area contributed by atoms with Gasteiger partial charge in [0.15, 0.2) is 5.82 Å². The SMILES string of the molecule is Cc1nc(N2CCC(c3nnc4n3-c3ccc(Cl)cc3CN(CC3(C#N)CC3)C4)CC2)ccc1C#N. The Morgan fingerprint density at radius 2 is 1.89 bits per heavy atom. The van der Waals surface area contributed by atoms with Crippen LogP contribution in [0.1, 0.15) is 60.1 Å². The molecular weight excluding hydrogens is 472 g/mol. The summed E-state index contributed by atoms with van der Waals surface area (Å²) in [4.78, 5) is 9.27. The molecule has 2 aromatic heterocycles. The van der Waals surface area contributed by atoms with Gasteiger partial charge in [0.05, 0.1) is 35.0 Å². The van der Waals surface area contributed by atoms with E-state index < -0.39 is 0 Å². The Balaban J connectivity index is 1.27. The summed E-state index contributed by atoms with van der Waals surface area (Å²) in [5.41, 5.74) is 3.40. The van der Waals surface area contributed by atoms with Crippen LogP contribution < -0.4 is 4.90 Å². The van der Waals surface area contributed by atoms with Gasteiger partial charge in [-0.05, 0) is 68.5 Å². The smallest absolute Gasteiger partial charge is 0.151 e. The summed E-state index contributed by atoms with van der Waals surface area (Å²) in [6.07, 6.45) is 3.82. The molecule has 0 atom stereocenters. The summed E-state index contributed by atoms with van der Waals surface area (Å²) in [5, 5.41) is 28.9. The number of halogens is 1. The molecule has 2 fully saturated rings. The van der Waals surface area contributed by atoms with E-state index in [1.165, 1.54) is 0 Å². The highest BCUT2D eigenvalue weighted by molar-refractivity contribution is 6.30. The lowest BCUT2D eigenvalue weighted by molar-refractivity contribution is 0.223. The first-order valence-corrected chi connectivity index (χ1v) is 12.9. The van der Waals surface area contributed by atoms with Crippen LogP contribution in [-0.2, 0) is 13.1 Å². The molecule has 1 aromatic carbocycles. The second-order valence-electron chi connectivity index (χ2n) is 10.3. The summed E-state index contributed by atoms with van der Waals surface area (Å²) in [6, 6.07) is 14.6. The average Bonchev–Trinajstić information content (AvgIpc) is 3.58. The third-order valence-electron chi connectivity index (χ3n) is 7.79. The predicted octanol–water partition coefficient (Wildman–Crippen LogP) is 4.50. The van der Waals surface area contributed by atoms with Gasteiger partial charge in [-0.15, -0.1) is 10.2 Å². The van der Waals surface area contributed by atoms with E-state index in [4.69, 9.17) is 16.7 Å². The highest BCUT2D eigenvalue weighted by Gasteiger charge is 2.45. The zero-order valence-electron chi connectivity index (χ0n) is 20.3. The number of aryl methyl sites for hydroxylation is 1. The van der Waals surface area contributed by atoms with Crippen LogP contribution >= 0.6 is 11.6 Å². The van der Waals surface area contributed by atoms with Gasteiger partial charge in [-0.2, -0.15) is 10.5 Å². The fourth-order valence-electron chi connectivity index (χ4n) is 5.56. The first-order valence-electron chi connectivity index (χ1n) is 12.5. The minimum Gasteiger partial charge on any atom is -0.357 e. The maximum Gasteiger partial charge on any atom is 0.151 e. The van der Waals surface area contributed by atoms with E-state index in [0.717, 1.165) is 86.3 Å². The molecule has 8 nitrogen and oxygen atoms in total. The van der Waals surface area contributed by atoms with Crippen molar-refractivity contribution >= 4 is 17.4 Å². The number of aromatic nitrogens is 4. The van der Waals surface area contributed by atoms with Crippen molar-refractivity contribution in [2.45, 2.75) is 51.6 Å². The Morgan fingerprint density at radius 3 is 2.58 bits per heavy atom. The molecule has 1 aliphatic carbocycles. The lowest BCUT2D eigenvalue weighted by Crippen LogP contribution is -2.34. The van der Waals surface area contributed by atoms with Crippen molar-refractivity contribution < 1.29 is 0 Å². The van der Waals surface area contributed by atoms with Crippen LogP contribution in [0.4, 0.5) is 5.82 Å².